The molecule has 1 heterocycles. The lowest BCUT2D eigenvalue weighted by Gasteiger charge is -2.09. The van der Waals surface area contributed by atoms with E-state index in [1.807, 2.05) is 30.3 Å². The number of anilines is 1. The summed E-state index contributed by atoms with van der Waals surface area (Å²) in [5, 5.41) is 11.3. The molecule has 2 N–H and O–H groups in total. The molecule has 5 heteroatoms. The second-order valence-corrected chi connectivity index (χ2v) is 3.74. The Labute approximate surface area is 103 Å². The summed E-state index contributed by atoms with van der Waals surface area (Å²) in [6.45, 7) is 0. The number of rotatable bonds is 2. The highest BCUT2D eigenvalue weighted by Crippen LogP contribution is 2.29. The Morgan fingerprint density at radius 1 is 1.29 bits per heavy atom. The smallest absolute Gasteiger partial charge is 0.409 e. The van der Waals surface area contributed by atoms with Crippen LogP contribution in [0.15, 0.2) is 42.6 Å². The number of pyridine rings is 1. The molecule has 4 nitrogen and oxygen atoms in total. The fourth-order valence-corrected chi connectivity index (χ4v) is 1.66. The Hall–Kier alpha value is -2.07. The van der Waals surface area contributed by atoms with Crippen LogP contribution in [0.25, 0.3) is 11.1 Å². The number of benzene rings is 1. The molecule has 1 aromatic carbocycles. The average molecular weight is 249 g/mol. The van der Waals surface area contributed by atoms with Crippen LogP contribution in [0.3, 0.4) is 0 Å². The van der Waals surface area contributed by atoms with Crippen molar-refractivity contribution >= 4 is 23.4 Å². The number of carboxylic acid groups (broad SMARTS) is 1. The van der Waals surface area contributed by atoms with Gasteiger partial charge < -0.3 is 5.11 Å². The highest BCUT2D eigenvalue weighted by atomic mass is 35.5. The molecule has 0 aliphatic heterocycles. The molecule has 0 spiro atoms. The summed E-state index contributed by atoms with van der Waals surface area (Å²) in [7, 11) is 0. The van der Waals surface area contributed by atoms with Gasteiger partial charge in [0.05, 0.1) is 11.9 Å². The minimum atomic E-state index is -1.13. The van der Waals surface area contributed by atoms with Gasteiger partial charge in [0.15, 0.2) is 0 Å². The third-order valence-corrected chi connectivity index (χ3v) is 2.40. The lowest BCUT2D eigenvalue weighted by atomic mass is 10.1. The van der Waals surface area contributed by atoms with Crippen LogP contribution in [0.1, 0.15) is 0 Å². The monoisotopic (exact) mass is 248 g/mol. The maximum absolute atomic E-state index is 10.7. The van der Waals surface area contributed by atoms with Gasteiger partial charge in [-0.15, -0.1) is 0 Å². The minimum absolute atomic E-state index is 0.319. The summed E-state index contributed by atoms with van der Waals surface area (Å²) < 4.78 is 0. The van der Waals surface area contributed by atoms with E-state index in [9.17, 15) is 4.79 Å². The second-order valence-electron chi connectivity index (χ2n) is 3.35. The first-order chi connectivity index (χ1) is 8.16. The minimum Gasteiger partial charge on any atom is -0.465 e. The van der Waals surface area contributed by atoms with Gasteiger partial charge in [0.25, 0.3) is 0 Å². The highest BCUT2D eigenvalue weighted by molar-refractivity contribution is 6.29. The Kier molecular flexibility index (Phi) is 3.25. The van der Waals surface area contributed by atoms with E-state index >= 15 is 0 Å². The van der Waals surface area contributed by atoms with E-state index in [2.05, 4.69) is 10.3 Å². The van der Waals surface area contributed by atoms with Crippen molar-refractivity contribution in [2.24, 2.45) is 0 Å². The molecule has 1 aromatic heterocycles. The zero-order valence-corrected chi connectivity index (χ0v) is 9.48. The molecule has 0 saturated carbocycles. The van der Waals surface area contributed by atoms with Gasteiger partial charge in [0.1, 0.15) is 5.15 Å². The Morgan fingerprint density at radius 3 is 2.65 bits per heavy atom. The van der Waals surface area contributed by atoms with Crippen molar-refractivity contribution in [3.8, 4) is 11.1 Å². The Morgan fingerprint density at radius 2 is 2.00 bits per heavy atom. The molecule has 1 amide bonds. The van der Waals surface area contributed by atoms with E-state index in [4.69, 9.17) is 16.7 Å². The van der Waals surface area contributed by atoms with Crippen LogP contribution in [0.5, 0.6) is 0 Å². The standard InChI is InChI=1S/C12H9ClN2O2/c13-11-6-9(8-4-2-1-3-5-8)10(7-14-11)15-12(16)17/h1-7,15H,(H,16,17). The summed E-state index contributed by atoms with van der Waals surface area (Å²) in [6, 6.07) is 11.0. The summed E-state index contributed by atoms with van der Waals surface area (Å²) in [4.78, 5) is 14.5. The lowest BCUT2D eigenvalue weighted by molar-refractivity contribution is 0.210. The van der Waals surface area contributed by atoms with Crippen LogP contribution in [0.2, 0.25) is 5.15 Å². The van der Waals surface area contributed by atoms with Crippen LogP contribution in [0.4, 0.5) is 10.5 Å². The molecule has 0 saturated heterocycles. The molecular weight excluding hydrogens is 240 g/mol. The van der Waals surface area contributed by atoms with Crippen LogP contribution in [-0.2, 0) is 0 Å². The molecular formula is C12H9ClN2O2. The summed E-state index contributed by atoms with van der Waals surface area (Å²) >= 11 is 5.82. The molecule has 0 atom stereocenters. The highest BCUT2D eigenvalue weighted by Gasteiger charge is 2.08. The van der Waals surface area contributed by atoms with E-state index in [0.29, 0.717) is 16.4 Å². The molecule has 2 rings (SSSR count). The van der Waals surface area contributed by atoms with Gasteiger partial charge in [0, 0.05) is 5.56 Å². The average Bonchev–Trinajstić information content (AvgIpc) is 2.32. The molecule has 17 heavy (non-hydrogen) atoms. The van der Waals surface area contributed by atoms with E-state index < -0.39 is 6.09 Å². The second kappa shape index (κ2) is 4.84. The Balaban J connectivity index is 2.51. The topological polar surface area (TPSA) is 62.2 Å². The largest absolute Gasteiger partial charge is 0.465 e. The van der Waals surface area contributed by atoms with Gasteiger partial charge >= 0.3 is 6.09 Å². The first-order valence-electron chi connectivity index (χ1n) is 4.88. The van der Waals surface area contributed by atoms with E-state index in [0.717, 1.165) is 5.56 Å². The van der Waals surface area contributed by atoms with Crippen molar-refractivity contribution < 1.29 is 9.90 Å². The Bertz CT molecular complexity index is 543. The predicted molar refractivity (Wildman–Crippen MR) is 66.3 cm³/mol. The van der Waals surface area contributed by atoms with Gasteiger partial charge in [-0.25, -0.2) is 9.78 Å². The van der Waals surface area contributed by atoms with Crippen molar-refractivity contribution in [1.82, 2.24) is 4.98 Å². The first-order valence-corrected chi connectivity index (χ1v) is 5.25. The van der Waals surface area contributed by atoms with Gasteiger partial charge in [-0.2, -0.15) is 0 Å². The van der Waals surface area contributed by atoms with Gasteiger partial charge in [-0.3, -0.25) is 5.32 Å². The number of nitrogens with one attached hydrogen (secondary N) is 1. The van der Waals surface area contributed by atoms with E-state index in [1.165, 1.54) is 6.20 Å². The molecule has 2 aromatic rings. The molecule has 0 unspecified atom stereocenters. The summed E-state index contributed by atoms with van der Waals surface area (Å²) in [5.74, 6) is 0. The number of halogens is 1. The number of nitrogens with zero attached hydrogens (tertiary/aromatic N) is 1. The van der Waals surface area contributed by atoms with Crippen molar-refractivity contribution in [3.05, 3.63) is 47.7 Å². The van der Waals surface area contributed by atoms with E-state index in [1.54, 1.807) is 6.07 Å². The SMILES string of the molecule is O=C(O)Nc1cnc(Cl)cc1-c1ccccc1. The third kappa shape index (κ3) is 2.73. The van der Waals surface area contributed by atoms with Crippen LogP contribution < -0.4 is 5.32 Å². The first kappa shape index (κ1) is 11.4. The molecule has 0 aliphatic carbocycles. The normalized spacial score (nSPS) is 9.94. The number of aromatic nitrogens is 1. The fourth-order valence-electron chi connectivity index (χ4n) is 1.50. The maximum Gasteiger partial charge on any atom is 0.409 e. The fraction of sp³-hybridized carbons (Fsp3) is 0. The number of carbonyl (C=O) groups is 1. The van der Waals surface area contributed by atoms with E-state index in [-0.39, 0.29) is 0 Å². The number of hydrogen-bond acceptors (Lipinski definition) is 2. The summed E-state index contributed by atoms with van der Waals surface area (Å²) in [5.41, 5.74) is 1.99. The molecule has 0 aliphatic rings. The van der Waals surface area contributed by atoms with Crippen LogP contribution >= 0.6 is 11.6 Å². The van der Waals surface area contributed by atoms with Crippen LogP contribution in [0, 0.1) is 0 Å². The van der Waals surface area contributed by atoms with Crippen molar-refractivity contribution in [2.45, 2.75) is 0 Å². The predicted octanol–water partition coefficient (Wildman–Crippen LogP) is 3.49. The van der Waals surface area contributed by atoms with Crippen LogP contribution in [-0.4, -0.2) is 16.2 Å². The quantitative estimate of drug-likeness (QED) is 0.800. The van der Waals surface area contributed by atoms with Gasteiger partial charge in [-0.1, -0.05) is 41.9 Å². The molecule has 0 bridgehead atoms. The zero-order valence-electron chi connectivity index (χ0n) is 8.72. The number of amides is 1. The van der Waals surface area contributed by atoms with Crippen molar-refractivity contribution in [3.63, 3.8) is 0 Å². The third-order valence-electron chi connectivity index (χ3n) is 2.20. The molecule has 0 radical (unpaired) electrons. The molecule has 86 valence electrons. The van der Waals surface area contributed by atoms with Crippen molar-refractivity contribution in [1.29, 1.82) is 0 Å². The lowest BCUT2D eigenvalue weighted by Crippen LogP contribution is -2.08. The maximum atomic E-state index is 10.7. The zero-order chi connectivity index (χ0) is 12.3. The van der Waals surface area contributed by atoms with Gasteiger partial charge in [0.2, 0.25) is 0 Å². The van der Waals surface area contributed by atoms with Gasteiger partial charge in [-0.05, 0) is 11.6 Å². The summed E-state index contributed by atoms with van der Waals surface area (Å²) in [6.07, 6.45) is 0.269. The number of hydrogen-bond donors (Lipinski definition) is 2. The van der Waals surface area contributed by atoms with Crippen molar-refractivity contribution in [2.75, 3.05) is 5.32 Å². The molecule has 0 fully saturated rings.